The number of ether oxygens (including phenoxy) is 2. The van der Waals surface area contributed by atoms with E-state index in [4.69, 9.17) is 9.47 Å². The number of halogens is 1. The molecule has 6 rings (SSSR count). The zero-order valence-electron chi connectivity index (χ0n) is 18.7. The minimum Gasteiger partial charge on any atom is -0.493 e. The van der Waals surface area contributed by atoms with Gasteiger partial charge in [0.05, 0.1) is 26.2 Å². The minimum absolute atomic E-state index is 0.0655. The second-order valence-electron chi connectivity index (χ2n) is 8.14. The molecule has 7 heteroatoms. The average molecular weight is 590 g/mol. The van der Waals surface area contributed by atoms with E-state index in [1.807, 2.05) is 54.6 Å². The molecule has 0 saturated heterocycles. The van der Waals surface area contributed by atoms with E-state index < -0.39 is 0 Å². The SMILES string of the molecule is COc1cc(/C=c2\sc3nc4ccccc4n3c2=O)cc(I)c1OCc1ccc2ccccc2c1. The van der Waals surface area contributed by atoms with Crippen molar-refractivity contribution >= 4 is 66.8 Å². The Morgan fingerprint density at radius 3 is 2.66 bits per heavy atom. The lowest BCUT2D eigenvalue weighted by atomic mass is 10.1. The summed E-state index contributed by atoms with van der Waals surface area (Å²) < 4.78 is 15.1. The molecule has 0 atom stereocenters. The van der Waals surface area contributed by atoms with E-state index >= 15 is 0 Å². The van der Waals surface area contributed by atoms with Gasteiger partial charge in [-0.25, -0.2) is 9.38 Å². The smallest absolute Gasteiger partial charge is 0.274 e. The second kappa shape index (κ2) is 8.98. The number of benzene rings is 4. The summed E-state index contributed by atoms with van der Waals surface area (Å²) in [5.74, 6) is 1.32. The second-order valence-corrected chi connectivity index (χ2v) is 10.3. The highest BCUT2D eigenvalue weighted by Gasteiger charge is 2.14. The van der Waals surface area contributed by atoms with Gasteiger partial charge in [0.25, 0.3) is 5.56 Å². The Hall–Kier alpha value is -3.43. The number of hydrogen-bond acceptors (Lipinski definition) is 5. The number of para-hydroxylation sites is 2. The lowest BCUT2D eigenvalue weighted by Gasteiger charge is -2.14. The van der Waals surface area contributed by atoms with Crippen molar-refractivity contribution < 1.29 is 9.47 Å². The van der Waals surface area contributed by atoms with Gasteiger partial charge in [-0.2, -0.15) is 0 Å². The molecular weight excluding hydrogens is 571 g/mol. The van der Waals surface area contributed by atoms with Crippen molar-refractivity contribution in [1.29, 1.82) is 0 Å². The molecule has 0 aliphatic rings. The number of thiazole rings is 1. The number of hydrogen-bond donors (Lipinski definition) is 0. The van der Waals surface area contributed by atoms with Crippen molar-refractivity contribution in [3.63, 3.8) is 0 Å². The van der Waals surface area contributed by atoms with E-state index in [1.54, 1.807) is 11.5 Å². The van der Waals surface area contributed by atoms with Crippen molar-refractivity contribution in [2.45, 2.75) is 6.61 Å². The Morgan fingerprint density at radius 2 is 1.80 bits per heavy atom. The first kappa shape index (κ1) is 22.1. The van der Waals surface area contributed by atoms with Crippen LogP contribution in [0.4, 0.5) is 0 Å². The molecule has 0 radical (unpaired) electrons. The standard InChI is InChI=1S/C28H19IN2O3S/c1-33-24-14-18(15-25-27(32)31-23-9-5-4-8-22(23)30-28(31)35-25)13-21(29)26(24)34-16-17-10-11-19-6-2-3-7-20(19)12-17/h2-15H,16H2,1H3/b25-15-. The van der Waals surface area contributed by atoms with Crippen molar-refractivity contribution in [2.75, 3.05) is 7.11 Å². The molecule has 5 nitrogen and oxygen atoms in total. The molecule has 0 N–H and O–H groups in total. The molecule has 2 aromatic heterocycles. The van der Waals surface area contributed by atoms with Crippen LogP contribution in [0.25, 0.3) is 32.8 Å². The van der Waals surface area contributed by atoms with Crippen LogP contribution in [0.3, 0.4) is 0 Å². The summed E-state index contributed by atoms with van der Waals surface area (Å²) in [5.41, 5.74) is 3.54. The molecule has 0 spiro atoms. The van der Waals surface area contributed by atoms with Gasteiger partial charge in [0.15, 0.2) is 16.5 Å². The van der Waals surface area contributed by atoms with Crippen LogP contribution < -0.4 is 19.6 Å². The van der Waals surface area contributed by atoms with Crippen LogP contribution in [0.5, 0.6) is 11.5 Å². The number of methoxy groups -OCH3 is 1. The Labute approximate surface area is 218 Å². The number of rotatable bonds is 5. The van der Waals surface area contributed by atoms with E-state index in [9.17, 15) is 4.79 Å². The number of nitrogens with zero attached hydrogens (tertiary/aromatic N) is 2. The van der Waals surface area contributed by atoms with Gasteiger partial charge in [0.2, 0.25) is 0 Å². The summed E-state index contributed by atoms with van der Waals surface area (Å²) in [4.78, 5) is 18.4. The van der Waals surface area contributed by atoms with Crippen LogP contribution in [0.2, 0.25) is 0 Å². The fourth-order valence-corrected chi connectivity index (χ4v) is 5.98. The molecule has 0 aliphatic heterocycles. The molecule has 2 heterocycles. The molecule has 35 heavy (non-hydrogen) atoms. The third-order valence-corrected chi connectivity index (χ3v) is 7.66. The van der Waals surface area contributed by atoms with E-state index in [-0.39, 0.29) is 5.56 Å². The molecular formula is C28H19IN2O3S. The van der Waals surface area contributed by atoms with E-state index in [1.165, 1.54) is 22.1 Å². The highest BCUT2D eigenvalue weighted by Crippen LogP contribution is 2.35. The topological polar surface area (TPSA) is 52.8 Å². The summed E-state index contributed by atoms with van der Waals surface area (Å²) in [6.07, 6.45) is 1.88. The quantitative estimate of drug-likeness (QED) is 0.238. The summed E-state index contributed by atoms with van der Waals surface area (Å²) >= 11 is 3.64. The van der Waals surface area contributed by atoms with Crippen LogP contribution in [0.1, 0.15) is 11.1 Å². The maximum Gasteiger partial charge on any atom is 0.274 e. The van der Waals surface area contributed by atoms with Crippen LogP contribution in [0.15, 0.2) is 83.7 Å². The average Bonchev–Trinajstić information content (AvgIpc) is 3.38. The van der Waals surface area contributed by atoms with Crippen LogP contribution in [0, 0.1) is 3.57 Å². The Kier molecular flexibility index (Phi) is 5.66. The summed E-state index contributed by atoms with van der Waals surface area (Å²) in [5, 5.41) is 2.39. The lowest BCUT2D eigenvalue weighted by Crippen LogP contribution is -2.22. The minimum atomic E-state index is -0.0655. The van der Waals surface area contributed by atoms with Gasteiger partial charge in [0, 0.05) is 0 Å². The Balaban J connectivity index is 1.33. The molecule has 0 fully saturated rings. The van der Waals surface area contributed by atoms with Gasteiger partial charge in [-0.05, 0) is 80.9 Å². The predicted octanol–water partition coefficient (Wildman–Crippen LogP) is 5.80. The summed E-state index contributed by atoms with van der Waals surface area (Å²) in [6.45, 7) is 0.431. The van der Waals surface area contributed by atoms with E-state index in [0.717, 1.165) is 25.7 Å². The largest absolute Gasteiger partial charge is 0.493 e. The molecule has 4 aromatic carbocycles. The lowest BCUT2D eigenvalue weighted by molar-refractivity contribution is 0.282. The molecule has 0 amide bonds. The molecule has 0 unspecified atom stereocenters. The van der Waals surface area contributed by atoms with Gasteiger partial charge in [-0.1, -0.05) is 59.9 Å². The number of imidazole rings is 1. The third kappa shape index (κ3) is 4.04. The van der Waals surface area contributed by atoms with Crippen molar-refractivity contribution in [2.24, 2.45) is 0 Å². The Morgan fingerprint density at radius 1 is 1.00 bits per heavy atom. The van der Waals surface area contributed by atoms with Gasteiger partial charge in [-0.3, -0.25) is 4.79 Å². The van der Waals surface area contributed by atoms with Crippen molar-refractivity contribution in [1.82, 2.24) is 9.38 Å². The fourth-order valence-electron chi connectivity index (χ4n) is 4.21. The zero-order chi connectivity index (χ0) is 23.9. The third-order valence-electron chi connectivity index (χ3n) is 5.89. The molecule has 172 valence electrons. The normalized spacial score (nSPS) is 12.1. The highest BCUT2D eigenvalue weighted by molar-refractivity contribution is 14.1. The fraction of sp³-hybridized carbons (Fsp3) is 0.0714. The monoisotopic (exact) mass is 590 g/mol. The van der Waals surface area contributed by atoms with Crippen molar-refractivity contribution in [3.8, 4) is 11.5 Å². The van der Waals surface area contributed by atoms with Gasteiger partial charge >= 0.3 is 0 Å². The van der Waals surface area contributed by atoms with Crippen LogP contribution in [-0.4, -0.2) is 16.5 Å². The molecule has 0 aliphatic carbocycles. The maximum atomic E-state index is 13.1. The molecule has 6 aromatic rings. The highest BCUT2D eigenvalue weighted by atomic mass is 127. The van der Waals surface area contributed by atoms with E-state index in [2.05, 4.69) is 57.9 Å². The number of fused-ring (bicyclic) bond motifs is 4. The van der Waals surface area contributed by atoms with Gasteiger partial charge in [-0.15, -0.1) is 0 Å². The first-order valence-electron chi connectivity index (χ1n) is 11.0. The zero-order valence-corrected chi connectivity index (χ0v) is 21.7. The summed E-state index contributed by atoms with van der Waals surface area (Å²) in [6, 6.07) is 26.2. The number of aromatic nitrogens is 2. The first-order valence-corrected chi connectivity index (χ1v) is 12.9. The molecule has 0 bridgehead atoms. The molecule has 0 saturated carbocycles. The Bertz CT molecular complexity index is 1840. The van der Waals surface area contributed by atoms with Crippen LogP contribution >= 0.6 is 33.9 Å². The first-order chi connectivity index (χ1) is 17.1. The predicted molar refractivity (Wildman–Crippen MR) is 150 cm³/mol. The van der Waals surface area contributed by atoms with Gasteiger partial charge in [0.1, 0.15) is 6.61 Å². The van der Waals surface area contributed by atoms with Crippen LogP contribution in [-0.2, 0) is 6.61 Å². The van der Waals surface area contributed by atoms with Gasteiger partial charge < -0.3 is 9.47 Å². The maximum absolute atomic E-state index is 13.1. The van der Waals surface area contributed by atoms with E-state index in [0.29, 0.717) is 27.6 Å². The van der Waals surface area contributed by atoms with Crippen molar-refractivity contribution in [3.05, 3.63) is 108 Å². The summed E-state index contributed by atoms with van der Waals surface area (Å²) in [7, 11) is 1.63.